The third-order valence-corrected chi connectivity index (χ3v) is 3.24. The molecule has 2 heterocycles. The van der Waals surface area contributed by atoms with Crippen molar-refractivity contribution >= 4 is 11.8 Å². The monoisotopic (exact) mass is 225 g/mol. The average Bonchev–Trinajstić information content (AvgIpc) is 2.48. The van der Waals surface area contributed by atoms with Gasteiger partial charge in [-0.2, -0.15) is 0 Å². The fourth-order valence-electron chi connectivity index (χ4n) is 2.26. The highest BCUT2D eigenvalue weighted by atomic mass is 16.2. The smallest absolute Gasteiger partial charge is 0.237 e. The minimum absolute atomic E-state index is 0.0810. The van der Waals surface area contributed by atoms with Gasteiger partial charge in [-0.3, -0.25) is 9.59 Å². The van der Waals surface area contributed by atoms with Gasteiger partial charge in [-0.05, 0) is 25.7 Å². The predicted octanol–water partition coefficient (Wildman–Crippen LogP) is -0.477. The number of nitrogens with one attached hydrogen (secondary N) is 3. The summed E-state index contributed by atoms with van der Waals surface area (Å²) in [7, 11) is 0. The summed E-state index contributed by atoms with van der Waals surface area (Å²) in [5.74, 6) is 0.220. The molecule has 3 N–H and O–H groups in total. The molecule has 2 amide bonds. The molecule has 2 aliphatic rings. The second kappa shape index (κ2) is 5.30. The van der Waals surface area contributed by atoms with E-state index in [1.165, 1.54) is 0 Å². The van der Waals surface area contributed by atoms with Gasteiger partial charge < -0.3 is 16.0 Å². The van der Waals surface area contributed by atoms with Crippen LogP contribution in [0.2, 0.25) is 0 Å². The van der Waals surface area contributed by atoms with Gasteiger partial charge in [-0.1, -0.05) is 0 Å². The van der Waals surface area contributed by atoms with Crippen molar-refractivity contribution in [2.75, 3.05) is 13.1 Å². The summed E-state index contributed by atoms with van der Waals surface area (Å²) in [4.78, 5) is 22.7. The van der Waals surface area contributed by atoms with Gasteiger partial charge in [0.15, 0.2) is 0 Å². The van der Waals surface area contributed by atoms with E-state index in [1.54, 1.807) is 0 Å². The van der Waals surface area contributed by atoms with E-state index in [1.807, 2.05) is 0 Å². The fourth-order valence-corrected chi connectivity index (χ4v) is 2.26. The van der Waals surface area contributed by atoms with Crippen molar-refractivity contribution < 1.29 is 9.59 Å². The molecule has 0 radical (unpaired) electrons. The van der Waals surface area contributed by atoms with Crippen molar-refractivity contribution in [2.45, 2.75) is 44.2 Å². The summed E-state index contributed by atoms with van der Waals surface area (Å²) in [6, 6.07) is 0.161. The van der Waals surface area contributed by atoms with Crippen LogP contribution in [0.4, 0.5) is 0 Å². The zero-order valence-corrected chi connectivity index (χ0v) is 9.42. The fraction of sp³-hybridized carbons (Fsp3) is 0.818. The van der Waals surface area contributed by atoms with E-state index < -0.39 is 0 Å². The van der Waals surface area contributed by atoms with Crippen molar-refractivity contribution in [2.24, 2.45) is 0 Å². The van der Waals surface area contributed by atoms with E-state index in [0.717, 1.165) is 32.2 Å². The normalized spacial score (nSPS) is 31.5. The lowest BCUT2D eigenvalue weighted by atomic mass is 10.0. The van der Waals surface area contributed by atoms with Crippen LogP contribution in [-0.2, 0) is 9.59 Å². The molecule has 2 atom stereocenters. The van der Waals surface area contributed by atoms with Gasteiger partial charge in [-0.25, -0.2) is 0 Å². The second-order valence-electron chi connectivity index (χ2n) is 4.55. The minimum Gasteiger partial charge on any atom is -0.355 e. The molecule has 90 valence electrons. The molecule has 2 unspecified atom stereocenters. The number of piperidine rings is 1. The van der Waals surface area contributed by atoms with E-state index in [0.29, 0.717) is 13.0 Å². The number of carbonyl (C=O) groups excluding carboxylic acids is 2. The number of carbonyl (C=O) groups is 2. The summed E-state index contributed by atoms with van der Waals surface area (Å²) in [6.45, 7) is 1.43. The maximum atomic E-state index is 11.7. The molecule has 16 heavy (non-hydrogen) atoms. The van der Waals surface area contributed by atoms with Crippen molar-refractivity contribution in [3.05, 3.63) is 0 Å². The van der Waals surface area contributed by atoms with Gasteiger partial charge in [0.05, 0.1) is 6.04 Å². The van der Waals surface area contributed by atoms with Gasteiger partial charge in [-0.15, -0.1) is 0 Å². The van der Waals surface area contributed by atoms with Gasteiger partial charge in [0.2, 0.25) is 11.8 Å². The Balaban J connectivity index is 1.83. The van der Waals surface area contributed by atoms with Crippen LogP contribution >= 0.6 is 0 Å². The summed E-state index contributed by atoms with van der Waals surface area (Å²) < 4.78 is 0. The number of rotatable bonds is 2. The van der Waals surface area contributed by atoms with Gasteiger partial charge in [0.25, 0.3) is 0 Å². The third-order valence-electron chi connectivity index (χ3n) is 3.24. The van der Waals surface area contributed by atoms with E-state index in [-0.39, 0.29) is 23.9 Å². The molecule has 2 saturated heterocycles. The average molecular weight is 225 g/mol. The summed E-state index contributed by atoms with van der Waals surface area (Å²) in [5, 5.41) is 9.06. The van der Waals surface area contributed by atoms with Crippen LogP contribution in [0.25, 0.3) is 0 Å². The molecular weight excluding hydrogens is 206 g/mol. The first kappa shape index (κ1) is 11.4. The van der Waals surface area contributed by atoms with E-state index in [9.17, 15) is 9.59 Å². The molecule has 5 heteroatoms. The van der Waals surface area contributed by atoms with E-state index in [4.69, 9.17) is 0 Å². The molecule has 0 saturated carbocycles. The van der Waals surface area contributed by atoms with E-state index >= 15 is 0 Å². The highest BCUT2D eigenvalue weighted by Gasteiger charge is 2.25. The Morgan fingerprint density at radius 3 is 2.75 bits per heavy atom. The number of amides is 2. The minimum atomic E-state index is -0.0810. The maximum absolute atomic E-state index is 11.7. The molecule has 0 aromatic heterocycles. The summed E-state index contributed by atoms with van der Waals surface area (Å²) in [5.41, 5.74) is 0. The van der Waals surface area contributed by atoms with Crippen LogP contribution in [0.15, 0.2) is 0 Å². The summed E-state index contributed by atoms with van der Waals surface area (Å²) in [6.07, 6.45) is 4.43. The molecular formula is C11H19N3O2. The lowest BCUT2D eigenvalue weighted by molar-refractivity contribution is -0.123. The SMILES string of the molecule is O=C1CCC(NC2CCCCNC2=O)CN1. The molecule has 5 nitrogen and oxygen atoms in total. The van der Waals surface area contributed by atoms with Crippen molar-refractivity contribution in [1.29, 1.82) is 0 Å². The predicted molar refractivity (Wildman–Crippen MR) is 59.8 cm³/mol. The van der Waals surface area contributed by atoms with Crippen LogP contribution in [0.1, 0.15) is 32.1 Å². The van der Waals surface area contributed by atoms with Crippen molar-refractivity contribution in [3.8, 4) is 0 Å². The van der Waals surface area contributed by atoms with Crippen LogP contribution in [-0.4, -0.2) is 37.0 Å². The molecule has 0 aromatic carbocycles. The Hall–Kier alpha value is -1.10. The number of hydrogen-bond donors (Lipinski definition) is 3. The lowest BCUT2D eigenvalue weighted by Gasteiger charge is -2.27. The Labute approximate surface area is 95.3 Å². The summed E-state index contributed by atoms with van der Waals surface area (Å²) >= 11 is 0. The van der Waals surface area contributed by atoms with E-state index in [2.05, 4.69) is 16.0 Å². The first-order valence-corrected chi connectivity index (χ1v) is 6.06. The molecule has 0 spiro atoms. The Morgan fingerprint density at radius 1 is 1.12 bits per heavy atom. The zero-order chi connectivity index (χ0) is 11.4. The molecule has 0 bridgehead atoms. The standard InChI is InChI=1S/C11H19N3O2/c15-10-5-4-8(7-13-10)14-9-3-1-2-6-12-11(9)16/h8-9,14H,1-7H2,(H,12,16)(H,13,15). The largest absolute Gasteiger partial charge is 0.355 e. The topological polar surface area (TPSA) is 70.2 Å². The van der Waals surface area contributed by atoms with Crippen LogP contribution in [0.3, 0.4) is 0 Å². The second-order valence-corrected chi connectivity index (χ2v) is 4.55. The van der Waals surface area contributed by atoms with Crippen LogP contribution in [0, 0.1) is 0 Å². The highest BCUT2D eigenvalue weighted by molar-refractivity contribution is 5.82. The molecule has 0 aliphatic carbocycles. The van der Waals surface area contributed by atoms with Gasteiger partial charge >= 0.3 is 0 Å². The Morgan fingerprint density at radius 2 is 2.00 bits per heavy atom. The molecule has 2 aliphatic heterocycles. The van der Waals surface area contributed by atoms with Crippen LogP contribution in [0.5, 0.6) is 0 Å². The lowest BCUT2D eigenvalue weighted by Crippen LogP contribution is -2.53. The Kier molecular flexibility index (Phi) is 3.77. The highest BCUT2D eigenvalue weighted by Crippen LogP contribution is 2.09. The quantitative estimate of drug-likeness (QED) is 0.594. The van der Waals surface area contributed by atoms with Crippen molar-refractivity contribution in [3.63, 3.8) is 0 Å². The maximum Gasteiger partial charge on any atom is 0.237 e. The molecule has 2 fully saturated rings. The molecule has 0 aromatic rings. The Bertz CT molecular complexity index is 270. The van der Waals surface area contributed by atoms with Crippen molar-refractivity contribution in [1.82, 2.24) is 16.0 Å². The van der Waals surface area contributed by atoms with Gasteiger partial charge in [0, 0.05) is 25.6 Å². The zero-order valence-electron chi connectivity index (χ0n) is 9.42. The first-order valence-electron chi connectivity index (χ1n) is 6.06. The van der Waals surface area contributed by atoms with Gasteiger partial charge in [0.1, 0.15) is 0 Å². The first-order chi connectivity index (χ1) is 7.75. The molecule has 2 rings (SSSR count). The van der Waals surface area contributed by atoms with Crippen LogP contribution < -0.4 is 16.0 Å². The third kappa shape index (κ3) is 2.95. The number of hydrogen-bond acceptors (Lipinski definition) is 3.